The molecule has 1 saturated carbocycles. The Bertz CT molecular complexity index is 178. The van der Waals surface area contributed by atoms with Gasteiger partial charge in [-0.1, -0.05) is 6.92 Å². The molecule has 0 aliphatic heterocycles. The summed E-state index contributed by atoms with van der Waals surface area (Å²) < 4.78 is 4.99. The third-order valence-electron chi connectivity index (χ3n) is 2.74. The number of hydrogen-bond donors (Lipinski definition) is 1. The number of hydrogen-bond acceptors (Lipinski definition) is 3. The van der Waals surface area contributed by atoms with Crippen LogP contribution >= 0.6 is 0 Å². The van der Waals surface area contributed by atoms with E-state index in [0.29, 0.717) is 12.5 Å². The van der Waals surface area contributed by atoms with Gasteiger partial charge in [0, 0.05) is 0 Å². The second-order valence-corrected chi connectivity index (χ2v) is 3.71. The van der Waals surface area contributed by atoms with Crippen LogP contribution in [0.15, 0.2) is 0 Å². The number of nitrogens with one attached hydrogen (secondary N) is 1. The van der Waals surface area contributed by atoms with Gasteiger partial charge in [-0.2, -0.15) is 0 Å². The van der Waals surface area contributed by atoms with Crippen LogP contribution in [0.1, 0.15) is 26.7 Å². The molecule has 0 bridgehead atoms. The van der Waals surface area contributed by atoms with Gasteiger partial charge in [0.15, 0.2) is 0 Å². The van der Waals surface area contributed by atoms with E-state index in [0.717, 1.165) is 5.92 Å². The van der Waals surface area contributed by atoms with Gasteiger partial charge in [0.2, 0.25) is 0 Å². The molecule has 0 radical (unpaired) electrons. The van der Waals surface area contributed by atoms with E-state index in [1.165, 1.54) is 12.8 Å². The summed E-state index contributed by atoms with van der Waals surface area (Å²) in [7, 11) is 1.82. The summed E-state index contributed by atoms with van der Waals surface area (Å²) in [6.07, 6.45) is 2.53. The Balaban J connectivity index is 2.44. The largest absolute Gasteiger partial charge is 0.465 e. The quantitative estimate of drug-likeness (QED) is 0.654. The fourth-order valence-electron chi connectivity index (χ4n) is 1.72. The molecule has 1 aliphatic carbocycles. The van der Waals surface area contributed by atoms with E-state index < -0.39 is 0 Å². The first-order valence-corrected chi connectivity index (χ1v) is 5.04. The van der Waals surface area contributed by atoms with Crippen molar-refractivity contribution in [2.45, 2.75) is 32.7 Å². The SMILES string of the molecule is CCOC(=O)C(NC)C(C)C1CC1. The average Bonchev–Trinajstić information content (AvgIpc) is 2.88. The molecule has 1 rings (SSSR count). The van der Waals surface area contributed by atoms with E-state index >= 15 is 0 Å². The molecule has 0 amide bonds. The van der Waals surface area contributed by atoms with Gasteiger partial charge in [0.25, 0.3) is 0 Å². The summed E-state index contributed by atoms with van der Waals surface area (Å²) in [5, 5.41) is 3.03. The Morgan fingerprint density at radius 1 is 1.62 bits per heavy atom. The minimum atomic E-state index is -0.118. The molecule has 2 atom stereocenters. The molecule has 0 aromatic heterocycles. The van der Waals surface area contributed by atoms with Crippen LogP contribution in [-0.4, -0.2) is 25.7 Å². The number of rotatable bonds is 5. The van der Waals surface area contributed by atoms with E-state index in [4.69, 9.17) is 4.74 Å². The van der Waals surface area contributed by atoms with Gasteiger partial charge in [0.1, 0.15) is 6.04 Å². The molecule has 0 saturated heterocycles. The van der Waals surface area contributed by atoms with Gasteiger partial charge in [0.05, 0.1) is 6.61 Å². The topological polar surface area (TPSA) is 38.3 Å². The molecule has 1 fully saturated rings. The molecule has 1 aliphatic rings. The zero-order chi connectivity index (χ0) is 9.84. The highest BCUT2D eigenvalue weighted by Crippen LogP contribution is 2.38. The third kappa shape index (κ3) is 2.69. The predicted octanol–water partition coefficient (Wildman–Crippen LogP) is 1.18. The highest BCUT2D eigenvalue weighted by molar-refractivity contribution is 5.76. The van der Waals surface area contributed by atoms with Gasteiger partial charge in [-0.25, -0.2) is 0 Å². The molecule has 76 valence electrons. The van der Waals surface area contributed by atoms with Crippen molar-refractivity contribution in [1.29, 1.82) is 0 Å². The monoisotopic (exact) mass is 185 g/mol. The van der Waals surface area contributed by atoms with Crippen molar-refractivity contribution in [1.82, 2.24) is 5.32 Å². The summed E-state index contributed by atoms with van der Waals surface area (Å²) in [5.41, 5.74) is 0. The molecule has 3 heteroatoms. The van der Waals surface area contributed by atoms with E-state index in [9.17, 15) is 4.79 Å². The van der Waals surface area contributed by atoms with E-state index in [1.54, 1.807) is 0 Å². The zero-order valence-corrected chi connectivity index (χ0v) is 8.67. The molecule has 2 unspecified atom stereocenters. The highest BCUT2D eigenvalue weighted by atomic mass is 16.5. The lowest BCUT2D eigenvalue weighted by molar-refractivity contribution is -0.147. The molecule has 13 heavy (non-hydrogen) atoms. The Labute approximate surface area is 79.8 Å². The van der Waals surface area contributed by atoms with Crippen LogP contribution in [0.4, 0.5) is 0 Å². The number of carbonyl (C=O) groups excluding carboxylic acids is 1. The molecule has 0 aromatic carbocycles. The van der Waals surface area contributed by atoms with E-state index in [1.807, 2.05) is 14.0 Å². The molecule has 0 heterocycles. The van der Waals surface area contributed by atoms with Crippen molar-refractivity contribution in [3.8, 4) is 0 Å². The summed E-state index contributed by atoms with van der Waals surface area (Å²) in [5.74, 6) is 1.02. The number of carbonyl (C=O) groups is 1. The summed E-state index contributed by atoms with van der Waals surface area (Å²) >= 11 is 0. The van der Waals surface area contributed by atoms with Gasteiger partial charge in [-0.05, 0) is 38.6 Å². The first-order chi connectivity index (χ1) is 6.20. The molecule has 0 spiro atoms. The number of likely N-dealkylation sites (N-methyl/N-ethyl adjacent to an activating group) is 1. The van der Waals surface area contributed by atoms with E-state index in [2.05, 4.69) is 12.2 Å². The van der Waals surface area contributed by atoms with Crippen molar-refractivity contribution in [2.24, 2.45) is 11.8 Å². The van der Waals surface area contributed by atoms with Gasteiger partial charge in [-0.3, -0.25) is 4.79 Å². The number of ether oxygens (including phenoxy) is 1. The lowest BCUT2D eigenvalue weighted by Crippen LogP contribution is -2.41. The molecule has 0 aromatic rings. The van der Waals surface area contributed by atoms with Crippen molar-refractivity contribution in [2.75, 3.05) is 13.7 Å². The maximum absolute atomic E-state index is 11.5. The second kappa shape index (κ2) is 4.61. The van der Waals surface area contributed by atoms with Crippen LogP contribution in [0.25, 0.3) is 0 Å². The minimum absolute atomic E-state index is 0.107. The van der Waals surface area contributed by atoms with Crippen molar-refractivity contribution in [3.63, 3.8) is 0 Å². The maximum Gasteiger partial charge on any atom is 0.323 e. The normalized spacial score (nSPS) is 20.8. The second-order valence-electron chi connectivity index (χ2n) is 3.71. The highest BCUT2D eigenvalue weighted by Gasteiger charge is 2.36. The average molecular weight is 185 g/mol. The van der Waals surface area contributed by atoms with E-state index in [-0.39, 0.29) is 12.0 Å². The predicted molar refractivity (Wildman–Crippen MR) is 51.4 cm³/mol. The molecular weight excluding hydrogens is 166 g/mol. The van der Waals surface area contributed by atoms with Crippen molar-refractivity contribution < 1.29 is 9.53 Å². The Morgan fingerprint density at radius 3 is 2.62 bits per heavy atom. The lowest BCUT2D eigenvalue weighted by Gasteiger charge is -2.21. The van der Waals surface area contributed by atoms with Crippen LogP contribution in [0, 0.1) is 11.8 Å². The standard InChI is InChI=1S/C10H19NO2/c1-4-13-10(12)9(11-3)7(2)8-5-6-8/h7-9,11H,4-6H2,1-3H3. The van der Waals surface area contributed by atoms with Gasteiger partial charge in [-0.15, -0.1) is 0 Å². The van der Waals surface area contributed by atoms with Crippen molar-refractivity contribution in [3.05, 3.63) is 0 Å². The first-order valence-electron chi connectivity index (χ1n) is 5.04. The van der Waals surface area contributed by atoms with Crippen LogP contribution in [0.5, 0.6) is 0 Å². The Morgan fingerprint density at radius 2 is 2.23 bits per heavy atom. The fraction of sp³-hybridized carbons (Fsp3) is 0.900. The van der Waals surface area contributed by atoms with Crippen LogP contribution in [0.2, 0.25) is 0 Å². The van der Waals surface area contributed by atoms with Gasteiger partial charge >= 0.3 is 5.97 Å². The lowest BCUT2D eigenvalue weighted by atomic mass is 9.97. The maximum atomic E-state index is 11.5. The number of esters is 1. The van der Waals surface area contributed by atoms with Crippen LogP contribution in [-0.2, 0) is 9.53 Å². The summed E-state index contributed by atoms with van der Waals surface area (Å²) in [6, 6.07) is -0.118. The third-order valence-corrected chi connectivity index (χ3v) is 2.74. The van der Waals surface area contributed by atoms with Gasteiger partial charge < -0.3 is 10.1 Å². The summed E-state index contributed by atoms with van der Waals surface area (Å²) in [6.45, 7) is 4.43. The van der Waals surface area contributed by atoms with Crippen molar-refractivity contribution >= 4 is 5.97 Å². The Kier molecular flexibility index (Phi) is 3.72. The Hall–Kier alpha value is -0.570. The van der Waals surface area contributed by atoms with Crippen LogP contribution < -0.4 is 5.32 Å². The fourth-order valence-corrected chi connectivity index (χ4v) is 1.72. The minimum Gasteiger partial charge on any atom is -0.465 e. The molecular formula is C10H19NO2. The molecule has 1 N–H and O–H groups in total. The van der Waals surface area contributed by atoms with Crippen LogP contribution in [0.3, 0.4) is 0 Å². The smallest absolute Gasteiger partial charge is 0.323 e. The first kappa shape index (κ1) is 10.5. The summed E-state index contributed by atoms with van der Waals surface area (Å²) in [4.78, 5) is 11.5. The molecule has 3 nitrogen and oxygen atoms in total. The zero-order valence-electron chi connectivity index (χ0n) is 8.67.